The molecule has 0 atom stereocenters. The fourth-order valence-electron chi connectivity index (χ4n) is 3.77. The first-order chi connectivity index (χ1) is 14.1. The number of hydrogen-bond donors (Lipinski definition) is 1. The number of piperazine rings is 1. The number of carbonyl (C=O) groups is 2. The summed E-state index contributed by atoms with van der Waals surface area (Å²) in [5.74, 6) is -1.02. The molecular weight excluding hydrogens is 366 g/mol. The maximum atomic E-state index is 12.7. The molecule has 1 N–H and O–H groups in total. The average molecular weight is 389 g/mol. The highest BCUT2D eigenvalue weighted by Gasteiger charge is 2.22. The van der Waals surface area contributed by atoms with E-state index in [4.69, 9.17) is 0 Å². The van der Waals surface area contributed by atoms with Crippen molar-refractivity contribution < 1.29 is 14.7 Å². The Labute approximate surface area is 169 Å². The molecule has 148 valence electrons. The topological polar surface area (TPSA) is 73.7 Å². The van der Waals surface area contributed by atoms with Gasteiger partial charge in [-0.05, 0) is 29.3 Å². The first kappa shape index (κ1) is 19.1. The van der Waals surface area contributed by atoms with Crippen molar-refractivity contribution in [2.75, 3.05) is 26.2 Å². The Hall–Kier alpha value is -3.25. The predicted octanol–water partition coefficient (Wildman–Crippen LogP) is 2.82. The molecule has 29 heavy (non-hydrogen) atoms. The second kappa shape index (κ2) is 8.41. The van der Waals surface area contributed by atoms with Gasteiger partial charge in [0.1, 0.15) is 0 Å². The highest BCUT2D eigenvalue weighted by atomic mass is 16.4. The van der Waals surface area contributed by atoms with Gasteiger partial charge >= 0.3 is 5.97 Å². The number of benzene rings is 2. The van der Waals surface area contributed by atoms with Crippen LogP contribution in [-0.4, -0.2) is 57.9 Å². The number of carbonyl (C=O) groups excluding carboxylic acids is 1. The van der Waals surface area contributed by atoms with Crippen molar-refractivity contribution in [1.82, 2.24) is 14.8 Å². The fourth-order valence-corrected chi connectivity index (χ4v) is 3.77. The van der Waals surface area contributed by atoms with Crippen LogP contribution in [0.3, 0.4) is 0 Å². The van der Waals surface area contributed by atoms with Crippen LogP contribution < -0.4 is 0 Å². The number of amides is 1. The molecule has 1 saturated heterocycles. The summed E-state index contributed by atoms with van der Waals surface area (Å²) in [6, 6.07) is 16.9. The number of carboxylic acid groups (broad SMARTS) is 1. The zero-order valence-electron chi connectivity index (χ0n) is 16.1. The number of nitrogens with zero attached hydrogens (tertiary/aromatic N) is 3. The van der Waals surface area contributed by atoms with Gasteiger partial charge in [0.25, 0.3) is 0 Å². The molecule has 4 rings (SSSR count). The molecule has 2 heterocycles. The first-order valence-electron chi connectivity index (χ1n) is 9.75. The minimum Gasteiger partial charge on any atom is -0.478 e. The number of fused-ring (bicyclic) bond motifs is 1. The van der Waals surface area contributed by atoms with Crippen LogP contribution in [0.1, 0.15) is 21.5 Å². The summed E-state index contributed by atoms with van der Waals surface area (Å²) in [4.78, 5) is 32.7. The lowest BCUT2D eigenvalue weighted by atomic mass is 10.0. The van der Waals surface area contributed by atoms with E-state index in [9.17, 15) is 14.7 Å². The maximum Gasteiger partial charge on any atom is 0.335 e. The Morgan fingerprint density at radius 2 is 1.69 bits per heavy atom. The van der Waals surface area contributed by atoms with Crippen molar-refractivity contribution in [1.29, 1.82) is 0 Å². The number of rotatable bonds is 5. The Balaban J connectivity index is 1.34. The van der Waals surface area contributed by atoms with E-state index in [0.29, 0.717) is 18.7 Å². The lowest BCUT2D eigenvalue weighted by molar-refractivity contribution is -0.132. The Morgan fingerprint density at radius 3 is 2.48 bits per heavy atom. The summed E-state index contributed by atoms with van der Waals surface area (Å²) in [5, 5.41) is 10.4. The Bertz CT molecular complexity index is 1040. The van der Waals surface area contributed by atoms with E-state index in [1.165, 1.54) is 5.56 Å². The van der Waals surface area contributed by atoms with Crippen LogP contribution in [0, 0.1) is 0 Å². The second-order valence-corrected chi connectivity index (χ2v) is 7.33. The van der Waals surface area contributed by atoms with E-state index in [1.807, 2.05) is 29.3 Å². The molecule has 6 nitrogen and oxygen atoms in total. The van der Waals surface area contributed by atoms with Gasteiger partial charge in [-0.25, -0.2) is 4.79 Å². The van der Waals surface area contributed by atoms with Gasteiger partial charge in [-0.2, -0.15) is 0 Å². The van der Waals surface area contributed by atoms with Crippen LogP contribution in [0.2, 0.25) is 0 Å². The van der Waals surface area contributed by atoms with Crippen LogP contribution in [0.5, 0.6) is 0 Å². The van der Waals surface area contributed by atoms with Crippen molar-refractivity contribution in [2.45, 2.75) is 13.0 Å². The van der Waals surface area contributed by atoms with Crippen molar-refractivity contribution in [2.24, 2.45) is 0 Å². The molecule has 0 saturated carbocycles. The normalized spacial score (nSPS) is 14.8. The molecule has 0 unspecified atom stereocenters. The molecule has 3 aromatic rings. The van der Waals surface area contributed by atoms with Crippen molar-refractivity contribution in [3.63, 3.8) is 0 Å². The maximum absolute atomic E-state index is 12.7. The largest absolute Gasteiger partial charge is 0.478 e. The van der Waals surface area contributed by atoms with Crippen LogP contribution in [-0.2, 0) is 17.8 Å². The van der Waals surface area contributed by atoms with E-state index in [2.05, 4.69) is 22.0 Å². The molecule has 0 bridgehead atoms. The lowest BCUT2D eigenvalue weighted by Crippen LogP contribution is -2.48. The standard InChI is InChI=1S/C23H23N3O3/c27-22(14-18-5-1-3-7-20(18)23(28)29)26-11-9-25(10-12-26)16-17-13-19-6-2-4-8-21(19)24-15-17/h1-8,13,15H,9-12,14,16H2,(H,28,29). The molecule has 0 radical (unpaired) electrons. The summed E-state index contributed by atoms with van der Waals surface area (Å²) in [7, 11) is 0. The summed E-state index contributed by atoms with van der Waals surface area (Å²) in [5.41, 5.74) is 2.92. The van der Waals surface area contributed by atoms with E-state index < -0.39 is 5.97 Å². The first-order valence-corrected chi connectivity index (χ1v) is 9.75. The highest BCUT2D eigenvalue weighted by Crippen LogP contribution is 2.16. The van der Waals surface area contributed by atoms with Gasteiger partial charge in [-0.1, -0.05) is 36.4 Å². The summed E-state index contributed by atoms with van der Waals surface area (Å²) in [6.07, 6.45) is 2.04. The third kappa shape index (κ3) is 4.43. The summed E-state index contributed by atoms with van der Waals surface area (Å²) in [6.45, 7) is 3.68. The molecule has 1 aromatic heterocycles. The minimum atomic E-state index is -0.998. The molecule has 0 spiro atoms. The van der Waals surface area contributed by atoms with Crippen LogP contribution in [0.25, 0.3) is 10.9 Å². The third-order valence-corrected chi connectivity index (χ3v) is 5.37. The number of hydrogen-bond acceptors (Lipinski definition) is 4. The van der Waals surface area contributed by atoms with E-state index in [0.717, 1.165) is 30.5 Å². The van der Waals surface area contributed by atoms with Crippen LogP contribution >= 0.6 is 0 Å². The lowest BCUT2D eigenvalue weighted by Gasteiger charge is -2.35. The number of aromatic nitrogens is 1. The molecule has 0 aliphatic carbocycles. The monoisotopic (exact) mass is 389 g/mol. The van der Waals surface area contributed by atoms with Crippen molar-refractivity contribution in [3.05, 3.63) is 77.5 Å². The molecule has 1 amide bonds. The highest BCUT2D eigenvalue weighted by molar-refractivity contribution is 5.91. The van der Waals surface area contributed by atoms with Gasteiger partial charge in [0.05, 0.1) is 17.5 Å². The molecule has 1 aliphatic rings. The Kier molecular flexibility index (Phi) is 5.53. The molecule has 1 aliphatic heterocycles. The van der Waals surface area contributed by atoms with E-state index >= 15 is 0 Å². The van der Waals surface area contributed by atoms with Gasteiger partial charge < -0.3 is 10.0 Å². The smallest absolute Gasteiger partial charge is 0.335 e. The van der Waals surface area contributed by atoms with Crippen molar-refractivity contribution in [3.8, 4) is 0 Å². The summed E-state index contributed by atoms with van der Waals surface area (Å²) >= 11 is 0. The zero-order valence-corrected chi connectivity index (χ0v) is 16.1. The number of aromatic carboxylic acids is 1. The van der Waals surface area contributed by atoms with Gasteiger partial charge in [0.2, 0.25) is 5.91 Å². The number of pyridine rings is 1. The predicted molar refractivity (Wildman–Crippen MR) is 111 cm³/mol. The van der Waals surface area contributed by atoms with Gasteiger partial charge in [-0.3, -0.25) is 14.7 Å². The zero-order chi connectivity index (χ0) is 20.2. The van der Waals surface area contributed by atoms with E-state index in [1.54, 1.807) is 24.3 Å². The van der Waals surface area contributed by atoms with Gasteiger partial charge in [0, 0.05) is 44.3 Å². The quantitative estimate of drug-likeness (QED) is 0.726. The molecule has 1 fully saturated rings. The third-order valence-electron chi connectivity index (χ3n) is 5.37. The van der Waals surface area contributed by atoms with E-state index in [-0.39, 0.29) is 17.9 Å². The average Bonchev–Trinajstić information content (AvgIpc) is 2.74. The van der Waals surface area contributed by atoms with Crippen LogP contribution in [0.15, 0.2) is 60.8 Å². The number of para-hydroxylation sites is 1. The minimum absolute atomic E-state index is 0.0225. The molecular formula is C23H23N3O3. The fraction of sp³-hybridized carbons (Fsp3) is 0.261. The number of carboxylic acids is 1. The molecule has 6 heteroatoms. The van der Waals surface area contributed by atoms with Crippen molar-refractivity contribution >= 4 is 22.8 Å². The summed E-state index contributed by atoms with van der Waals surface area (Å²) < 4.78 is 0. The van der Waals surface area contributed by atoms with Gasteiger partial charge in [0.15, 0.2) is 0 Å². The SMILES string of the molecule is O=C(O)c1ccccc1CC(=O)N1CCN(Cc2cnc3ccccc3c2)CC1. The molecule has 2 aromatic carbocycles. The van der Waals surface area contributed by atoms with Gasteiger partial charge in [-0.15, -0.1) is 0 Å². The van der Waals surface area contributed by atoms with Crippen LogP contribution in [0.4, 0.5) is 0 Å². The Morgan fingerprint density at radius 1 is 0.966 bits per heavy atom. The second-order valence-electron chi connectivity index (χ2n) is 7.33.